The summed E-state index contributed by atoms with van der Waals surface area (Å²) in [4.78, 5) is 23.2. The molecule has 2 N–H and O–H groups in total. The molecule has 1 rings (SSSR count). The van der Waals surface area contributed by atoms with E-state index in [2.05, 4.69) is 5.32 Å². The van der Waals surface area contributed by atoms with Crippen molar-refractivity contribution in [3.8, 4) is 0 Å². The van der Waals surface area contributed by atoms with Gasteiger partial charge in [-0.05, 0) is 38.2 Å². The van der Waals surface area contributed by atoms with E-state index in [0.29, 0.717) is 12.8 Å². The van der Waals surface area contributed by atoms with Crippen molar-refractivity contribution >= 4 is 23.6 Å². The highest BCUT2D eigenvalue weighted by molar-refractivity contribution is 7.98. The summed E-state index contributed by atoms with van der Waals surface area (Å²) in [6, 6.07) is 0.122. The molecule has 18 heavy (non-hydrogen) atoms. The molecule has 0 heterocycles. The number of thioether (sulfide) groups is 1. The van der Waals surface area contributed by atoms with E-state index < -0.39 is 11.4 Å². The van der Waals surface area contributed by atoms with E-state index in [4.69, 9.17) is 0 Å². The van der Waals surface area contributed by atoms with Crippen molar-refractivity contribution in [2.24, 2.45) is 5.41 Å². The molecule has 0 spiro atoms. The molecule has 1 fully saturated rings. The Kier molecular flexibility index (Phi) is 5.99. The first-order valence-electron chi connectivity index (χ1n) is 6.52. The number of carboxylic acid groups (broad SMARTS) is 1. The summed E-state index contributed by atoms with van der Waals surface area (Å²) in [6.07, 6.45) is 6.19. The second kappa shape index (κ2) is 7.02. The molecule has 0 bridgehead atoms. The number of aliphatic carboxylic acids is 1. The summed E-state index contributed by atoms with van der Waals surface area (Å²) in [6.45, 7) is 1.97. The molecule has 1 aliphatic carbocycles. The van der Waals surface area contributed by atoms with Gasteiger partial charge in [0.1, 0.15) is 0 Å². The van der Waals surface area contributed by atoms with Crippen LogP contribution in [0.25, 0.3) is 0 Å². The van der Waals surface area contributed by atoms with Gasteiger partial charge in [0, 0.05) is 12.5 Å². The number of carbonyl (C=O) groups excluding carboxylic acids is 1. The highest BCUT2D eigenvalue weighted by Crippen LogP contribution is 2.41. The Labute approximate surface area is 113 Å². The number of nitrogens with one attached hydrogen (secondary N) is 1. The van der Waals surface area contributed by atoms with E-state index in [1.807, 2.05) is 13.2 Å². The molecule has 1 amide bonds. The van der Waals surface area contributed by atoms with Crippen LogP contribution in [0, 0.1) is 5.41 Å². The molecule has 1 saturated carbocycles. The van der Waals surface area contributed by atoms with Crippen LogP contribution in [0.3, 0.4) is 0 Å². The quantitative estimate of drug-likeness (QED) is 0.747. The molecular weight excluding hydrogens is 250 g/mol. The van der Waals surface area contributed by atoms with Crippen LogP contribution >= 0.6 is 11.8 Å². The summed E-state index contributed by atoms with van der Waals surface area (Å²) in [7, 11) is 0. The lowest BCUT2D eigenvalue weighted by atomic mass is 9.82. The maximum absolute atomic E-state index is 11.9. The monoisotopic (exact) mass is 273 g/mol. The average molecular weight is 273 g/mol. The normalized spacial score (nSPS) is 19.4. The molecule has 5 heteroatoms. The lowest BCUT2D eigenvalue weighted by Gasteiger charge is -2.24. The van der Waals surface area contributed by atoms with Gasteiger partial charge in [-0.15, -0.1) is 0 Å². The lowest BCUT2D eigenvalue weighted by molar-refractivity contribution is -0.151. The Hall–Kier alpha value is -0.710. The van der Waals surface area contributed by atoms with E-state index in [9.17, 15) is 14.7 Å². The highest BCUT2D eigenvalue weighted by Gasteiger charge is 2.42. The van der Waals surface area contributed by atoms with Crippen molar-refractivity contribution < 1.29 is 14.7 Å². The van der Waals surface area contributed by atoms with Gasteiger partial charge in [0.2, 0.25) is 5.91 Å². The molecule has 1 unspecified atom stereocenters. The molecule has 0 aliphatic heterocycles. The van der Waals surface area contributed by atoms with Gasteiger partial charge < -0.3 is 10.4 Å². The zero-order chi connectivity index (χ0) is 13.6. The number of hydrogen-bond donors (Lipinski definition) is 2. The zero-order valence-electron chi connectivity index (χ0n) is 11.2. The van der Waals surface area contributed by atoms with Crippen LogP contribution in [0.2, 0.25) is 0 Å². The number of carboxylic acids is 1. The SMILES string of the molecule is CSCCC(C)NC(=O)CC1(C(=O)O)CCCC1. The predicted octanol–water partition coefficient (Wildman–Crippen LogP) is 2.28. The first kappa shape index (κ1) is 15.3. The van der Waals surface area contributed by atoms with Crippen LogP contribution in [0.1, 0.15) is 45.4 Å². The number of hydrogen-bond acceptors (Lipinski definition) is 3. The van der Waals surface area contributed by atoms with Gasteiger partial charge in [0.25, 0.3) is 0 Å². The van der Waals surface area contributed by atoms with Gasteiger partial charge >= 0.3 is 5.97 Å². The first-order chi connectivity index (χ1) is 8.50. The maximum Gasteiger partial charge on any atom is 0.310 e. The summed E-state index contributed by atoms with van der Waals surface area (Å²) < 4.78 is 0. The summed E-state index contributed by atoms with van der Waals surface area (Å²) in [5, 5.41) is 12.2. The third-order valence-electron chi connectivity index (χ3n) is 3.68. The van der Waals surface area contributed by atoms with Crippen molar-refractivity contribution in [1.29, 1.82) is 0 Å². The minimum atomic E-state index is -0.813. The Morgan fingerprint density at radius 3 is 2.50 bits per heavy atom. The lowest BCUT2D eigenvalue weighted by Crippen LogP contribution is -2.39. The van der Waals surface area contributed by atoms with E-state index in [-0.39, 0.29) is 18.4 Å². The Balaban J connectivity index is 2.45. The molecule has 1 atom stereocenters. The number of rotatable bonds is 7. The Bertz CT molecular complexity index is 301. The molecule has 0 aromatic rings. The largest absolute Gasteiger partial charge is 0.481 e. The Morgan fingerprint density at radius 1 is 1.39 bits per heavy atom. The van der Waals surface area contributed by atoms with Gasteiger partial charge in [-0.3, -0.25) is 9.59 Å². The predicted molar refractivity (Wildman–Crippen MR) is 73.8 cm³/mol. The zero-order valence-corrected chi connectivity index (χ0v) is 12.0. The minimum Gasteiger partial charge on any atom is -0.481 e. The van der Waals surface area contributed by atoms with E-state index in [1.54, 1.807) is 11.8 Å². The average Bonchev–Trinajstić information content (AvgIpc) is 2.75. The Morgan fingerprint density at radius 2 is 2.00 bits per heavy atom. The van der Waals surface area contributed by atoms with Crippen LogP contribution < -0.4 is 5.32 Å². The van der Waals surface area contributed by atoms with Crippen LogP contribution in [0.5, 0.6) is 0 Å². The second-order valence-electron chi connectivity index (χ2n) is 5.22. The van der Waals surface area contributed by atoms with Crippen LogP contribution in [-0.2, 0) is 9.59 Å². The van der Waals surface area contributed by atoms with Crippen molar-refractivity contribution in [2.75, 3.05) is 12.0 Å². The number of carbonyl (C=O) groups is 2. The van der Waals surface area contributed by atoms with Gasteiger partial charge in [0.15, 0.2) is 0 Å². The standard InChI is InChI=1S/C13H23NO3S/c1-10(5-8-18-2)14-11(15)9-13(12(16)17)6-3-4-7-13/h10H,3-9H2,1-2H3,(H,14,15)(H,16,17). The summed E-state index contributed by atoms with van der Waals surface area (Å²) >= 11 is 1.75. The fraction of sp³-hybridized carbons (Fsp3) is 0.846. The van der Waals surface area contributed by atoms with Crippen molar-refractivity contribution in [3.05, 3.63) is 0 Å². The molecule has 104 valence electrons. The first-order valence-corrected chi connectivity index (χ1v) is 7.91. The third kappa shape index (κ3) is 4.19. The topological polar surface area (TPSA) is 66.4 Å². The molecule has 0 saturated heterocycles. The van der Waals surface area contributed by atoms with Gasteiger partial charge in [0.05, 0.1) is 5.41 Å². The van der Waals surface area contributed by atoms with Crippen molar-refractivity contribution in [3.63, 3.8) is 0 Å². The summed E-state index contributed by atoms with van der Waals surface area (Å²) in [5.74, 6) is 0.0748. The molecule has 1 aliphatic rings. The fourth-order valence-electron chi connectivity index (χ4n) is 2.52. The third-order valence-corrected chi connectivity index (χ3v) is 4.32. The second-order valence-corrected chi connectivity index (χ2v) is 6.21. The van der Waals surface area contributed by atoms with Crippen molar-refractivity contribution in [2.45, 2.75) is 51.5 Å². The van der Waals surface area contributed by atoms with Gasteiger partial charge in [-0.1, -0.05) is 12.8 Å². The van der Waals surface area contributed by atoms with Gasteiger partial charge in [-0.2, -0.15) is 11.8 Å². The number of amides is 1. The molecule has 0 radical (unpaired) electrons. The van der Waals surface area contributed by atoms with E-state index >= 15 is 0 Å². The molecule has 0 aromatic heterocycles. The minimum absolute atomic E-state index is 0.118. The van der Waals surface area contributed by atoms with Gasteiger partial charge in [-0.25, -0.2) is 0 Å². The smallest absolute Gasteiger partial charge is 0.310 e. The highest BCUT2D eigenvalue weighted by atomic mass is 32.2. The molecule has 4 nitrogen and oxygen atoms in total. The molecule has 0 aromatic carbocycles. The van der Waals surface area contributed by atoms with Crippen LogP contribution in [0.15, 0.2) is 0 Å². The maximum atomic E-state index is 11.9. The van der Waals surface area contributed by atoms with Crippen LogP contribution in [0.4, 0.5) is 0 Å². The van der Waals surface area contributed by atoms with E-state index in [1.165, 1.54) is 0 Å². The fourth-order valence-corrected chi connectivity index (χ4v) is 3.11. The summed E-state index contributed by atoms with van der Waals surface area (Å²) in [5.41, 5.74) is -0.802. The van der Waals surface area contributed by atoms with Crippen LogP contribution in [-0.4, -0.2) is 35.0 Å². The molecular formula is C13H23NO3S. The van der Waals surface area contributed by atoms with Crippen molar-refractivity contribution in [1.82, 2.24) is 5.32 Å². The van der Waals surface area contributed by atoms with E-state index in [0.717, 1.165) is 25.0 Å².